The van der Waals surface area contributed by atoms with E-state index in [1.807, 2.05) is 27.7 Å². The fourth-order valence-electron chi connectivity index (χ4n) is 2.41. The van der Waals surface area contributed by atoms with Crippen LogP contribution in [-0.2, 0) is 14.0 Å². The molecule has 1 aromatic rings. The van der Waals surface area contributed by atoms with Crippen LogP contribution in [0.15, 0.2) is 23.9 Å². The second-order valence-corrected chi connectivity index (χ2v) is 7.63. The van der Waals surface area contributed by atoms with Crippen molar-refractivity contribution in [2.75, 3.05) is 13.7 Å². The minimum absolute atomic E-state index is 0.341. The standard InChI is InChI=1S/C17H22BCl2FO3/c1-16(2)17(3,4)24-18(23-16)15(21)13(8-9-22-5)12-7-6-11(19)10-14(12)20/h6-7,10H,8-9H2,1-5H3. The summed E-state index contributed by atoms with van der Waals surface area (Å²) in [6, 6.07) is 4.95. The lowest BCUT2D eigenvalue weighted by Gasteiger charge is -2.32. The van der Waals surface area contributed by atoms with Crippen LogP contribution in [0.5, 0.6) is 0 Å². The zero-order chi connectivity index (χ0) is 18.1. The molecule has 0 aliphatic carbocycles. The van der Waals surface area contributed by atoms with Crippen LogP contribution in [0.3, 0.4) is 0 Å². The molecule has 1 fully saturated rings. The van der Waals surface area contributed by atoms with E-state index in [2.05, 4.69) is 0 Å². The van der Waals surface area contributed by atoms with Crippen molar-refractivity contribution >= 4 is 35.9 Å². The van der Waals surface area contributed by atoms with Crippen molar-refractivity contribution in [1.82, 2.24) is 0 Å². The van der Waals surface area contributed by atoms with E-state index in [4.69, 9.17) is 37.2 Å². The van der Waals surface area contributed by atoms with Gasteiger partial charge in [0.05, 0.1) is 17.8 Å². The van der Waals surface area contributed by atoms with Crippen molar-refractivity contribution in [3.05, 3.63) is 39.5 Å². The Morgan fingerprint density at radius 3 is 2.25 bits per heavy atom. The van der Waals surface area contributed by atoms with Gasteiger partial charge in [0, 0.05) is 17.2 Å². The van der Waals surface area contributed by atoms with Crippen molar-refractivity contribution in [3.8, 4) is 0 Å². The molecule has 1 aliphatic heterocycles. The van der Waals surface area contributed by atoms with Gasteiger partial charge < -0.3 is 14.0 Å². The Labute approximate surface area is 153 Å². The van der Waals surface area contributed by atoms with Gasteiger partial charge in [-0.15, -0.1) is 0 Å². The predicted octanol–water partition coefficient (Wildman–Crippen LogP) is 5.34. The summed E-state index contributed by atoms with van der Waals surface area (Å²) in [5.41, 5.74) is -0.770. The first-order valence-electron chi connectivity index (χ1n) is 7.77. The monoisotopic (exact) mass is 374 g/mol. The molecule has 0 amide bonds. The molecule has 0 N–H and O–H groups in total. The van der Waals surface area contributed by atoms with E-state index in [0.717, 1.165) is 0 Å². The third-order valence-electron chi connectivity index (χ3n) is 4.56. The molecule has 24 heavy (non-hydrogen) atoms. The summed E-state index contributed by atoms with van der Waals surface area (Å²) in [7, 11) is 0.488. The fraction of sp³-hybridized carbons (Fsp3) is 0.529. The molecule has 1 heterocycles. The van der Waals surface area contributed by atoms with Gasteiger partial charge in [-0.25, -0.2) is 4.39 Å². The summed E-state index contributed by atoms with van der Waals surface area (Å²) < 4.78 is 31.9. The quantitative estimate of drug-likeness (QED) is 0.651. The highest BCUT2D eigenvalue weighted by atomic mass is 35.5. The maximum absolute atomic E-state index is 15.2. The number of hydrogen-bond acceptors (Lipinski definition) is 3. The van der Waals surface area contributed by atoms with Crippen LogP contribution >= 0.6 is 23.2 Å². The molecule has 0 atom stereocenters. The Hall–Kier alpha value is -0.585. The van der Waals surface area contributed by atoms with Crippen molar-refractivity contribution < 1.29 is 18.4 Å². The molecular formula is C17H22BCl2FO3. The lowest BCUT2D eigenvalue weighted by Crippen LogP contribution is -2.41. The van der Waals surface area contributed by atoms with E-state index >= 15 is 4.39 Å². The van der Waals surface area contributed by atoms with E-state index in [-0.39, 0.29) is 0 Å². The Bertz CT molecular complexity index is 631. The van der Waals surface area contributed by atoms with E-state index in [1.165, 1.54) is 0 Å². The van der Waals surface area contributed by atoms with Crippen LogP contribution < -0.4 is 0 Å². The SMILES string of the molecule is COCCC(=C(F)B1OC(C)(C)C(C)(C)O1)c1ccc(Cl)cc1Cl. The highest BCUT2D eigenvalue weighted by molar-refractivity contribution is 6.55. The number of halogens is 3. The number of benzene rings is 1. The Morgan fingerprint density at radius 1 is 1.17 bits per heavy atom. The topological polar surface area (TPSA) is 27.7 Å². The maximum atomic E-state index is 15.2. The lowest BCUT2D eigenvalue weighted by atomic mass is 9.82. The molecule has 0 radical (unpaired) electrons. The van der Waals surface area contributed by atoms with E-state index < -0.39 is 24.0 Å². The first-order chi connectivity index (χ1) is 11.1. The summed E-state index contributed by atoms with van der Waals surface area (Å²) in [5.74, 6) is 0. The molecule has 7 heteroatoms. The van der Waals surface area contributed by atoms with Crippen LogP contribution in [0.25, 0.3) is 5.57 Å². The number of methoxy groups -OCH3 is 1. The average Bonchev–Trinajstić information content (AvgIpc) is 2.69. The van der Waals surface area contributed by atoms with Crippen molar-refractivity contribution in [2.24, 2.45) is 0 Å². The molecule has 0 spiro atoms. The van der Waals surface area contributed by atoms with Crippen LogP contribution in [0.4, 0.5) is 4.39 Å². The highest BCUT2D eigenvalue weighted by Crippen LogP contribution is 2.41. The Kier molecular flexibility index (Phi) is 6.04. The number of hydrogen-bond donors (Lipinski definition) is 0. The molecule has 1 aliphatic rings. The molecule has 1 saturated heterocycles. The molecular weight excluding hydrogens is 353 g/mol. The molecule has 2 rings (SSSR count). The molecule has 3 nitrogen and oxygen atoms in total. The zero-order valence-electron chi connectivity index (χ0n) is 14.6. The van der Waals surface area contributed by atoms with Crippen molar-refractivity contribution in [2.45, 2.75) is 45.3 Å². The largest absolute Gasteiger partial charge is 0.525 e. The highest BCUT2D eigenvalue weighted by Gasteiger charge is 2.53. The van der Waals surface area contributed by atoms with E-state index in [0.29, 0.717) is 34.2 Å². The van der Waals surface area contributed by atoms with Gasteiger partial charge >= 0.3 is 7.12 Å². The lowest BCUT2D eigenvalue weighted by molar-refractivity contribution is 0.00578. The van der Waals surface area contributed by atoms with Gasteiger partial charge in [-0.05, 0) is 57.4 Å². The van der Waals surface area contributed by atoms with Gasteiger partial charge in [0.2, 0.25) is 0 Å². The van der Waals surface area contributed by atoms with Crippen molar-refractivity contribution in [1.29, 1.82) is 0 Å². The molecule has 0 unspecified atom stereocenters. The van der Waals surface area contributed by atoms with Crippen LogP contribution in [0, 0.1) is 0 Å². The average molecular weight is 375 g/mol. The van der Waals surface area contributed by atoms with Gasteiger partial charge in [-0.2, -0.15) is 0 Å². The molecule has 0 bridgehead atoms. The Balaban J connectivity index is 2.44. The van der Waals surface area contributed by atoms with Crippen LogP contribution in [-0.4, -0.2) is 32.0 Å². The minimum Gasteiger partial charge on any atom is -0.398 e. The maximum Gasteiger partial charge on any atom is 0.525 e. The smallest absolute Gasteiger partial charge is 0.398 e. The normalized spacial score (nSPS) is 20.2. The van der Waals surface area contributed by atoms with Gasteiger partial charge in [0.15, 0.2) is 0 Å². The third-order valence-corrected chi connectivity index (χ3v) is 5.11. The number of rotatable bonds is 5. The summed E-state index contributed by atoms with van der Waals surface area (Å²) in [4.78, 5) is 0. The minimum atomic E-state index is -1.08. The first-order valence-corrected chi connectivity index (χ1v) is 8.53. The number of ether oxygens (including phenoxy) is 1. The zero-order valence-corrected chi connectivity index (χ0v) is 16.1. The second kappa shape index (κ2) is 7.34. The van der Waals surface area contributed by atoms with Crippen LogP contribution in [0.1, 0.15) is 39.7 Å². The van der Waals surface area contributed by atoms with Crippen LogP contribution in [0.2, 0.25) is 10.0 Å². The van der Waals surface area contributed by atoms with Gasteiger partial charge in [0.1, 0.15) is 5.73 Å². The van der Waals surface area contributed by atoms with Gasteiger partial charge in [-0.1, -0.05) is 29.3 Å². The Morgan fingerprint density at radius 2 is 1.75 bits per heavy atom. The second-order valence-electron chi connectivity index (χ2n) is 6.78. The molecule has 1 aromatic carbocycles. The summed E-state index contributed by atoms with van der Waals surface area (Å²) in [6.07, 6.45) is 0.341. The molecule has 0 saturated carbocycles. The van der Waals surface area contributed by atoms with Gasteiger partial charge in [0.25, 0.3) is 0 Å². The molecule has 0 aromatic heterocycles. The summed E-state index contributed by atoms with van der Waals surface area (Å²) >= 11 is 12.2. The van der Waals surface area contributed by atoms with Crippen molar-refractivity contribution in [3.63, 3.8) is 0 Å². The fourth-order valence-corrected chi connectivity index (χ4v) is 2.93. The van der Waals surface area contributed by atoms with E-state index in [9.17, 15) is 0 Å². The first kappa shape index (κ1) is 19.7. The summed E-state index contributed by atoms with van der Waals surface area (Å²) in [5, 5.41) is 0.867. The predicted molar refractivity (Wildman–Crippen MR) is 97.1 cm³/mol. The third kappa shape index (κ3) is 3.97. The van der Waals surface area contributed by atoms with E-state index in [1.54, 1.807) is 25.3 Å². The van der Waals surface area contributed by atoms with Gasteiger partial charge in [-0.3, -0.25) is 0 Å². The molecule has 132 valence electrons. The summed E-state index contributed by atoms with van der Waals surface area (Å²) in [6.45, 7) is 7.87.